The van der Waals surface area contributed by atoms with Gasteiger partial charge in [0.2, 0.25) is 0 Å². The molecule has 1 aromatic heterocycles. The van der Waals surface area contributed by atoms with Crippen molar-refractivity contribution in [1.29, 1.82) is 0 Å². The molecule has 1 aliphatic rings. The van der Waals surface area contributed by atoms with Crippen LogP contribution in [-0.2, 0) is 26.1 Å². The summed E-state index contributed by atoms with van der Waals surface area (Å²) >= 11 is 0. The number of rotatable bonds is 21. The molecule has 3 aromatic carbocycles. The summed E-state index contributed by atoms with van der Waals surface area (Å²) in [5.74, 6) is 2.98. The van der Waals surface area contributed by atoms with Crippen LogP contribution < -0.4 is 24.3 Å². The van der Waals surface area contributed by atoms with Crippen LogP contribution in [0.5, 0.6) is 23.1 Å². The fourth-order valence-corrected chi connectivity index (χ4v) is 6.50. The maximum Gasteiger partial charge on any atom is 0.257 e. The molecule has 280 valence electrons. The van der Waals surface area contributed by atoms with E-state index < -0.39 is 0 Å². The SMILES string of the molecule is CCCN(CCCCCCNCCOc1ncccc1OC)C1CCc2c(ccc(OCc3ccccc3)c2OCc2ccccc2)C1.Cl.Cl.Cl. The predicted molar refractivity (Wildman–Crippen MR) is 215 cm³/mol. The van der Waals surface area contributed by atoms with E-state index in [1.54, 1.807) is 13.3 Å². The normalized spacial score (nSPS) is 13.2. The molecule has 0 bridgehead atoms. The van der Waals surface area contributed by atoms with Crippen molar-refractivity contribution in [3.05, 3.63) is 113 Å². The van der Waals surface area contributed by atoms with Crippen molar-refractivity contribution in [2.75, 3.05) is 39.9 Å². The van der Waals surface area contributed by atoms with Gasteiger partial charge in [-0.2, -0.15) is 0 Å². The molecular formula is C41H56Cl3N3O4. The fourth-order valence-electron chi connectivity index (χ4n) is 6.50. The van der Waals surface area contributed by atoms with Crippen LogP contribution >= 0.6 is 37.2 Å². The van der Waals surface area contributed by atoms with Crippen LogP contribution in [0.1, 0.15) is 67.7 Å². The number of hydrogen-bond donors (Lipinski definition) is 1. The van der Waals surface area contributed by atoms with Gasteiger partial charge in [0.05, 0.1) is 7.11 Å². The summed E-state index contributed by atoms with van der Waals surface area (Å²) in [6.07, 6.45) is 11.0. The maximum atomic E-state index is 6.56. The van der Waals surface area contributed by atoms with Gasteiger partial charge in [0.25, 0.3) is 5.88 Å². The molecule has 1 aliphatic carbocycles. The Labute approximate surface area is 324 Å². The highest BCUT2D eigenvalue weighted by molar-refractivity contribution is 5.86. The number of hydrogen-bond acceptors (Lipinski definition) is 7. The van der Waals surface area contributed by atoms with Crippen LogP contribution in [0.25, 0.3) is 0 Å². The molecule has 0 amide bonds. The van der Waals surface area contributed by atoms with E-state index in [0.29, 0.717) is 37.5 Å². The fraction of sp³-hybridized carbons (Fsp3) is 0.439. The summed E-state index contributed by atoms with van der Waals surface area (Å²) in [7, 11) is 1.63. The number of nitrogens with zero attached hydrogens (tertiary/aromatic N) is 2. The van der Waals surface area contributed by atoms with Crippen LogP contribution in [0, 0.1) is 0 Å². The van der Waals surface area contributed by atoms with Gasteiger partial charge >= 0.3 is 0 Å². The maximum absolute atomic E-state index is 6.56. The molecule has 1 unspecified atom stereocenters. The minimum Gasteiger partial charge on any atom is -0.491 e. The second kappa shape index (κ2) is 24.9. The van der Waals surface area contributed by atoms with Crippen molar-refractivity contribution >= 4 is 37.2 Å². The Morgan fingerprint density at radius 1 is 0.725 bits per heavy atom. The molecule has 7 nitrogen and oxygen atoms in total. The molecule has 0 fully saturated rings. The second-order valence-corrected chi connectivity index (χ2v) is 12.5. The average Bonchev–Trinajstić information content (AvgIpc) is 3.14. The molecule has 0 radical (unpaired) electrons. The zero-order valence-corrected chi connectivity index (χ0v) is 32.5. The number of ether oxygens (including phenoxy) is 4. The van der Waals surface area contributed by atoms with Crippen molar-refractivity contribution in [2.45, 2.75) is 77.5 Å². The lowest BCUT2D eigenvalue weighted by molar-refractivity contribution is 0.174. The van der Waals surface area contributed by atoms with Gasteiger partial charge in [-0.25, -0.2) is 4.98 Å². The van der Waals surface area contributed by atoms with Gasteiger partial charge < -0.3 is 29.2 Å². The topological polar surface area (TPSA) is 65.1 Å². The molecule has 0 spiro atoms. The lowest BCUT2D eigenvalue weighted by atomic mass is 9.86. The molecule has 1 N–H and O–H groups in total. The van der Waals surface area contributed by atoms with E-state index in [2.05, 4.69) is 82.8 Å². The molecule has 51 heavy (non-hydrogen) atoms. The third-order valence-electron chi connectivity index (χ3n) is 9.02. The Kier molecular flexibility index (Phi) is 21.5. The van der Waals surface area contributed by atoms with Gasteiger partial charge in [0, 0.05) is 24.3 Å². The van der Waals surface area contributed by atoms with Crippen molar-refractivity contribution in [2.24, 2.45) is 0 Å². The minimum absolute atomic E-state index is 0. The van der Waals surface area contributed by atoms with E-state index in [4.69, 9.17) is 18.9 Å². The monoisotopic (exact) mass is 759 g/mol. The molecule has 0 saturated heterocycles. The Bertz CT molecular complexity index is 1500. The van der Waals surface area contributed by atoms with Crippen molar-refractivity contribution in [3.63, 3.8) is 0 Å². The highest BCUT2D eigenvalue weighted by Crippen LogP contribution is 2.39. The highest BCUT2D eigenvalue weighted by atomic mass is 35.5. The Morgan fingerprint density at radius 3 is 2.14 bits per heavy atom. The zero-order valence-electron chi connectivity index (χ0n) is 30.1. The third kappa shape index (κ3) is 14.0. The van der Waals surface area contributed by atoms with Crippen molar-refractivity contribution in [1.82, 2.24) is 15.2 Å². The molecule has 0 aliphatic heterocycles. The first-order valence-corrected chi connectivity index (χ1v) is 17.8. The first-order valence-electron chi connectivity index (χ1n) is 17.8. The summed E-state index contributed by atoms with van der Waals surface area (Å²) in [4.78, 5) is 6.99. The van der Waals surface area contributed by atoms with Gasteiger partial charge in [-0.1, -0.05) is 86.5 Å². The Hall–Kier alpha value is -3.20. The number of pyridine rings is 1. The number of halogens is 3. The van der Waals surface area contributed by atoms with Crippen LogP contribution in [0.15, 0.2) is 91.1 Å². The van der Waals surface area contributed by atoms with Crippen LogP contribution in [0.2, 0.25) is 0 Å². The summed E-state index contributed by atoms with van der Waals surface area (Å²) in [6, 6.07) is 29.5. The van der Waals surface area contributed by atoms with Crippen LogP contribution in [-0.4, -0.2) is 55.8 Å². The second-order valence-electron chi connectivity index (χ2n) is 12.5. The molecule has 5 rings (SSSR count). The van der Waals surface area contributed by atoms with Crippen molar-refractivity contribution < 1.29 is 18.9 Å². The molecular weight excluding hydrogens is 705 g/mol. The first kappa shape index (κ1) is 44.0. The minimum atomic E-state index is 0. The van der Waals surface area contributed by atoms with Crippen LogP contribution in [0.3, 0.4) is 0 Å². The van der Waals surface area contributed by atoms with E-state index in [0.717, 1.165) is 62.5 Å². The smallest absolute Gasteiger partial charge is 0.257 e. The van der Waals surface area contributed by atoms with E-state index in [1.807, 2.05) is 24.3 Å². The number of unbranched alkanes of at least 4 members (excludes halogenated alkanes) is 3. The summed E-state index contributed by atoms with van der Waals surface area (Å²) in [5.41, 5.74) is 5.04. The van der Waals surface area contributed by atoms with Gasteiger partial charge in [0.15, 0.2) is 17.2 Å². The first-order chi connectivity index (χ1) is 23.7. The van der Waals surface area contributed by atoms with Crippen molar-refractivity contribution in [3.8, 4) is 23.1 Å². The largest absolute Gasteiger partial charge is 0.491 e. The van der Waals surface area contributed by atoms with Gasteiger partial charge in [-0.3, -0.25) is 0 Å². The number of benzene rings is 3. The summed E-state index contributed by atoms with van der Waals surface area (Å²) < 4.78 is 24.0. The van der Waals surface area contributed by atoms with E-state index in [-0.39, 0.29) is 37.2 Å². The summed E-state index contributed by atoms with van der Waals surface area (Å²) in [6.45, 7) is 8.06. The van der Waals surface area contributed by atoms with Crippen LogP contribution in [0.4, 0.5) is 0 Å². The molecule has 0 saturated carbocycles. The van der Waals surface area contributed by atoms with Gasteiger partial charge in [-0.15, -0.1) is 37.2 Å². The lowest BCUT2D eigenvalue weighted by Crippen LogP contribution is -2.40. The highest BCUT2D eigenvalue weighted by Gasteiger charge is 2.27. The number of fused-ring (bicyclic) bond motifs is 1. The number of methoxy groups -OCH3 is 1. The summed E-state index contributed by atoms with van der Waals surface area (Å²) in [5, 5.41) is 3.49. The standard InChI is InChI=1S/C41H53N3O4.3ClH/c1-3-27-44(28-13-5-4-12-24-42-26-29-46-41-39(45-2)19-14-25-43-41)36-21-22-37-35(30-36)20-23-38(47-31-33-15-8-6-9-16-33)40(37)48-32-34-17-10-7-11-18-34;;;/h6-11,14-20,23,25,36,42H,3-5,12-13,21-22,24,26-32H2,1-2H3;3*1H. The molecule has 1 atom stereocenters. The Morgan fingerprint density at radius 2 is 1.43 bits per heavy atom. The zero-order chi connectivity index (χ0) is 33.2. The quantitative estimate of drug-likeness (QED) is 0.0850. The van der Waals surface area contributed by atoms with E-state index in [9.17, 15) is 0 Å². The molecule has 10 heteroatoms. The Balaban J connectivity index is 0.00000300. The van der Waals surface area contributed by atoms with E-state index in [1.165, 1.54) is 48.8 Å². The molecule has 1 heterocycles. The van der Waals surface area contributed by atoms with Gasteiger partial charge in [0.1, 0.15) is 19.8 Å². The lowest BCUT2D eigenvalue weighted by Gasteiger charge is -2.36. The van der Waals surface area contributed by atoms with E-state index >= 15 is 0 Å². The number of aromatic nitrogens is 1. The average molecular weight is 761 g/mol. The predicted octanol–water partition coefficient (Wildman–Crippen LogP) is 9.31. The van der Waals surface area contributed by atoms with Gasteiger partial charge in [-0.05, 0) is 93.0 Å². The molecule has 4 aromatic rings. The number of nitrogens with one attached hydrogen (secondary N) is 1. The third-order valence-corrected chi connectivity index (χ3v) is 9.02.